The highest BCUT2D eigenvalue weighted by molar-refractivity contribution is 5.94. The topological polar surface area (TPSA) is 53.4 Å². The summed E-state index contributed by atoms with van der Waals surface area (Å²) >= 11 is 0. The summed E-state index contributed by atoms with van der Waals surface area (Å²) in [6.07, 6.45) is 5.42. The van der Waals surface area contributed by atoms with Gasteiger partial charge < -0.3 is 10.0 Å². The molecule has 1 aliphatic rings. The van der Waals surface area contributed by atoms with Gasteiger partial charge in [-0.15, -0.1) is 0 Å². The second-order valence-electron chi connectivity index (χ2n) is 3.39. The number of nitrogens with zero attached hydrogens (tertiary/aromatic N) is 2. The van der Waals surface area contributed by atoms with Gasteiger partial charge in [0.2, 0.25) is 0 Å². The van der Waals surface area contributed by atoms with Gasteiger partial charge in [0.25, 0.3) is 0 Å². The summed E-state index contributed by atoms with van der Waals surface area (Å²) in [7, 11) is 0. The van der Waals surface area contributed by atoms with E-state index >= 15 is 0 Å². The molecule has 1 aromatic heterocycles. The minimum atomic E-state index is -0.880. The SMILES string of the molecule is O=C(O)c1ccncc1N1CCCC1. The van der Waals surface area contributed by atoms with Gasteiger partial charge in [-0.2, -0.15) is 0 Å². The van der Waals surface area contributed by atoms with E-state index in [0.717, 1.165) is 31.6 Å². The molecular formula is C10H12N2O2. The van der Waals surface area contributed by atoms with E-state index in [1.807, 2.05) is 0 Å². The van der Waals surface area contributed by atoms with E-state index in [1.54, 1.807) is 12.3 Å². The van der Waals surface area contributed by atoms with E-state index in [4.69, 9.17) is 5.11 Å². The molecule has 0 aliphatic carbocycles. The molecule has 0 spiro atoms. The van der Waals surface area contributed by atoms with Crippen molar-refractivity contribution in [3.8, 4) is 0 Å². The molecule has 14 heavy (non-hydrogen) atoms. The molecule has 4 nitrogen and oxygen atoms in total. The van der Waals surface area contributed by atoms with Crippen LogP contribution in [0.15, 0.2) is 18.5 Å². The fourth-order valence-corrected chi connectivity index (χ4v) is 1.78. The summed E-state index contributed by atoms with van der Waals surface area (Å²) in [4.78, 5) is 17.0. The quantitative estimate of drug-likeness (QED) is 0.769. The van der Waals surface area contributed by atoms with Crippen molar-refractivity contribution in [2.24, 2.45) is 0 Å². The van der Waals surface area contributed by atoms with Gasteiger partial charge in [-0.25, -0.2) is 4.79 Å². The molecule has 0 bridgehead atoms. The molecule has 0 radical (unpaired) electrons. The Morgan fingerprint density at radius 1 is 1.43 bits per heavy atom. The third-order valence-electron chi connectivity index (χ3n) is 2.48. The van der Waals surface area contributed by atoms with Gasteiger partial charge in [-0.05, 0) is 18.9 Å². The van der Waals surface area contributed by atoms with E-state index in [9.17, 15) is 4.79 Å². The van der Waals surface area contributed by atoms with Crippen molar-refractivity contribution in [1.82, 2.24) is 4.98 Å². The minimum Gasteiger partial charge on any atom is -0.478 e. The highest BCUT2D eigenvalue weighted by atomic mass is 16.4. The number of carbonyl (C=O) groups is 1. The fraction of sp³-hybridized carbons (Fsp3) is 0.400. The molecule has 1 aliphatic heterocycles. The van der Waals surface area contributed by atoms with E-state index in [1.165, 1.54) is 6.20 Å². The Balaban J connectivity index is 2.35. The number of rotatable bonds is 2. The highest BCUT2D eigenvalue weighted by Crippen LogP contribution is 2.23. The molecule has 1 N–H and O–H groups in total. The fourth-order valence-electron chi connectivity index (χ4n) is 1.78. The van der Waals surface area contributed by atoms with Crippen LogP contribution in [0.3, 0.4) is 0 Å². The lowest BCUT2D eigenvalue weighted by molar-refractivity contribution is 0.0697. The molecule has 1 aromatic rings. The van der Waals surface area contributed by atoms with Crippen LogP contribution in [0.1, 0.15) is 23.2 Å². The minimum absolute atomic E-state index is 0.349. The Kier molecular flexibility index (Phi) is 2.35. The van der Waals surface area contributed by atoms with Crippen molar-refractivity contribution in [2.75, 3.05) is 18.0 Å². The lowest BCUT2D eigenvalue weighted by Gasteiger charge is -2.18. The molecule has 2 heterocycles. The number of hydrogen-bond acceptors (Lipinski definition) is 3. The maximum absolute atomic E-state index is 10.9. The Morgan fingerprint density at radius 3 is 2.79 bits per heavy atom. The summed E-state index contributed by atoms with van der Waals surface area (Å²) in [5, 5.41) is 8.97. The molecule has 0 aromatic carbocycles. The van der Waals surface area contributed by atoms with Crippen molar-refractivity contribution >= 4 is 11.7 Å². The van der Waals surface area contributed by atoms with Crippen LogP contribution in [0.25, 0.3) is 0 Å². The van der Waals surface area contributed by atoms with Crippen LogP contribution in [0.4, 0.5) is 5.69 Å². The van der Waals surface area contributed by atoms with Crippen molar-refractivity contribution in [2.45, 2.75) is 12.8 Å². The Morgan fingerprint density at radius 2 is 2.14 bits per heavy atom. The van der Waals surface area contributed by atoms with Gasteiger partial charge >= 0.3 is 5.97 Å². The third-order valence-corrected chi connectivity index (χ3v) is 2.48. The number of carboxylic acids is 1. The molecule has 0 atom stereocenters. The first-order valence-corrected chi connectivity index (χ1v) is 4.71. The van der Waals surface area contributed by atoms with Gasteiger partial charge in [0.15, 0.2) is 0 Å². The zero-order chi connectivity index (χ0) is 9.97. The second kappa shape index (κ2) is 3.65. The van der Waals surface area contributed by atoms with Crippen LogP contribution in [0.5, 0.6) is 0 Å². The number of hydrogen-bond donors (Lipinski definition) is 1. The summed E-state index contributed by atoms with van der Waals surface area (Å²) in [5.41, 5.74) is 1.10. The number of pyridine rings is 1. The monoisotopic (exact) mass is 192 g/mol. The highest BCUT2D eigenvalue weighted by Gasteiger charge is 2.18. The van der Waals surface area contributed by atoms with Gasteiger partial charge in [-0.1, -0.05) is 0 Å². The normalized spacial score (nSPS) is 15.9. The second-order valence-corrected chi connectivity index (χ2v) is 3.39. The van der Waals surface area contributed by atoms with Crippen molar-refractivity contribution < 1.29 is 9.90 Å². The third kappa shape index (κ3) is 1.55. The van der Waals surface area contributed by atoms with E-state index in [0.29, 0.717) is 5.56 Å². The largest absolute Gasteiger partial charge is 0.478 e. The number of carboxylic acid groups (broad SMARTS) is 1. The zero-order valence-electron chi connectivity index (χ0n) is 7.81. The number of aromatic carboxylic acids is 1. The first-order valence-electron chi connectivity index (χ1n) is 4.71. The molecule has 4 heteroatoms. The first-order chi connectivity index (χ1) is 6.79. The van der Waals surface area contributed by atoms with Gasteiger partial charge in [0.05, 0.1) is 17.4 Å². The van der Waals surface area contributed by atoms with Gasteiger partial charge in [-0.3, -0.25) is 4.98 Å². The molecule has 2 rings (SSSR count). The van der Waals surface area contributed by atoms with E-state index in [-0.39, 0.29) is 0 Å². The summed E-state index contributed by atoms with van der Waals surface area (Å²) < 4.78 is 0. The molecular weight excluding hydrogens is 180 g/mol. The number of aromatic nitrogens is 1. The zero-order valence-corrected chi connectivity index (χ0v) is 7.81. The molecule has 0 amide bonds. The van der Waals surface area contributed by atoms with Gasteiger partial charge in [0.1, 0.15) is 0 Å². The lowest BCUT2D eigenvalue weighted by atomic mass is 10.2. The Labute approximate surface area is 82.2 Å². The van der Waals surface area contributed by atoms with Crippen LogP contribution in [0, 0.1) is 0 Å². The van der Waals surface area contributed by atoms with Crippen LogP contribution in [-0.2, 0) is 0 Å². The van der Waals surface area contributed by atoms with E-state index < -0.39 is 5.97 Å². The maximum Gasteiger partial charge on any atom is 0.337 e. The van der Waals surface area contributed by atoms with Crippen LogP contribution in [-0.4, -0.2) is 29.1 Å². The van der Waals surface area contributed by atoms with Crippen LogP contribution < -0.4 is 4.90 Å². The van der Waals surface area contributed by atoms with Crippen molar-refractivity contribution in [3.63, 3.8) is 0 Å². The van der Waals surface area contributed by atoms with Crippen molar-refractivity contribution in [1.29, 1.82) is 0 Å². The molecule has 74 valence electrons. The summed E-state index contributed by atoms with van der Waals surface area (Å²) in [6.45, 7) is 1.87. The summed E-state index contributed by atoms with van der Waals surface area (Å²) in [5.74, 6) is -0.880. The predicted molar refractivity (Wildman–Crippen MR) is 52.6 cm³/mol. The van der Waals surface area contributed by atoms with E-state index in [2.05, 4.69) is 9.88 Å². The molecule has 1 saturated heterocycles. The molecule has 1 fully saturated rings. The Bertz CT molecular complexity index is 346. The average Bonchev–Trinajstić information content (AvgIpc) is 2.70. The standard InChI is InChI=1S/C10H12N2O2/c13-10(14)8-3-4-11-7-9(8)12-5-1-2-6-12/h3-4,7H,1-2,5-6H2,(H,13,14). The van der Waals surface area contributed by atoms with Crippen molar-refractivity contribution in [3.05, 3.63) is 24.0 Å². The van der Waals surface area contributed by atoms with Crippen LogP contribution in [0.2, 0.25) is 0 Å². The Hall–Kier alpha value is -1.58. The molecule has 0 unspecified atom stereocenters. The lowest BCUT2D eigenvalue weighted by Crippen LogP contribution is -2.20. The summed E-state index contributed by atoms with van der Waals surface area (Å²) in [6, 6.07) is 1.55. The number of anilines is 1. The van der Waals surface area contributed by atoms with Crippen LogP contribution >= 0.6 is 0 Å². The first kappa shape index (κ1) is 8.99. The smallest absolute Gasteiger partial charge is 0.337 e. The molecule has 0 saturated carbocycles. The van der Waals surface area contributed by atoms with Gasteiger partial charge in [0, 0.05) is 19.3 Å². The maximum atomic E-state index is 10.9. The average molecular weight is 192 g/mol. The predicted octanol–water partition coefficient (Wildman–Crippen LogP) is 1.38.